The van der Waals surface area contributed by atoms with Gasteiger partial charge in [-0.05, 0) is 18.8 Å². The summed E-state index contributed by atoms with van der Waals surface area (Å²) < 4.78 is 5.04. The SMILES string of the molecule is O=C(O)c1occ2c1SC(C1CC1)CN2. The zero-order chi connectivity index (χ0) is 10.4. The third-order valence-electron chi connectivity index (χ3n) is 2.85. The number of anilines is 1. The van der Waals surface area contributed by atoms with E-state index < -0.39 is 5.97 Å². The Hall–Kier alpha value is -1.10. The van der Waals surface area contributed by atoms with Crippen molar-refractivity contribution in [2.75, 3.05) is 11.9 Å². The number of hydrogen-bond donors (Lipinski definition) is 2. The van der Waals surface area contributed by atoms with Gasteiger partial charge in [0.25, 0.3) is 0 Å². The van der Waals surface area contributed by atoms with E-state index in [2.05, 4.69) is 5.32 Å². The molecule has 0 bridgehead atoms. The number of furan rings is 1. The van der Waals surface area contributed by atoms with Gasteiger partial charge in [-0.3, -0.25) is 0 Å². The Morgan fingerprint density at radius 2 is 2.40 bits per heavy atom. The van der Waals surface area contributed by atoms with E-state index in [1.807, 2.05) is 0 Å². The van der Waals surface area contributed by atoms with Crippen molar-refractivity contribution >= 4 is 23.4 Å². The number of hydrogen-bond acceptors (Lipinski definition) is 4. The average Bonchev–Trinajstić information content (AvgIpc) is 2.97. The lowest BCUT2D eigenvalue weighted by atomic mass is 10.2. The van der Waals surface area contributed by atoms with Crippen LogP contribution >= 0.6 is 11.8 Å². The molecule has 80 valence electrons. The van der Waals surface area contributed by atoms with Crippen molar-refractivity contribution < 1.29 is 14.3 Å². The zero-order valence-electron chi connectivity index (χ0n) is 8.03. The first-order valence-corrected chi connectivity index (χ1v) is 5.89. The van der Waals surface area contributed by atoms with Crippen molar-refractivity contribution in [3.8, 4) is 0 Å². The third-order valence-corrected chi connectivity index (χ3v) is 4.35. The number of aromatic carboxylic acids is 1. The number of fused-ring (bicyclic) bond motifs is 1. The summed E-state index contributed by atoms with van der Waals surface area (Å²) in [7, 11) is 0. The van der Waals surface area contributed by atoms with Gasteiger partial charge in [-0.25, -0.2) is 4.79 Å². The van der Waals surface area contributed by atoms with Crippen LogP contribution in [0.2, 0.25) is 0 Å². The van der Waals surface area contributed by atoms with Crippen LogP contribution in [0.15, 0.2) is 15.6 Å². The minimum atomic E-state index is -0.984. The lowest BCUT2D eigenvalue weighted by Gasteiger charge is -2.22. The van der Waals surface area contributed by atoms with Crippen LogP contribution in [0.3, 0.4) is 0 Å². The molecule has 3 rings (SSSR count). The van der Waals surface area contributed by atoms with Crippen LogP contribution in [-0.4, -0.2) is 22.9 Å². The summed E-state index contributed by atoms with van der Waals surface area (Å²) in [6.45, 7) is 0.918. The van der Waals surface area contributed by atoms with Crippen LogP contribution in [0.25, 0.3) is 0 Å². The first-order chi connectivity index (χ1) is 7.25. The summed E-state index contributed by atoms with van der Waals surface area (Å²) in [4.78, 5) is 11.7. The van der Waals surface area contributed by atoms with E-state index in [4.69, 9.17) is 9.52 Å². The number of carboxylic acids is 1. The molecule has 2 N–H and O–H groups in total. The number of carbonyl (C=O) groups is 1. The normalized spacial score (nSPS) is 24.4. The van der Waals surface area contributed by atoms with Crippen LogP contribution < -0.4 is 5.32 Å². The number of nitrogens with one attached hydrogen (secondary N) is 1. The molecule has 1 aliphatic heterocycles. The highest BCUT2D eigenvalue weighted by molar-refractivity contribution is 8.00. The molecule has 0 amide bonds. The zero-order valence-corrected chi connectivity index (χ0v) is 8.84. The topological polar surface area (TPSA) is 62.5 Å². The predicted molar refractivity (Wildman–Crippen MR) is 56.5 cm³/mol. The fourth-order valence-electron chi connectivity index (χ4n) is 1.87. The number of carboxylic acid groups (broad SMARTS) is 1. The fourth-order valence-corrected chi connectivity index (χ4v) is 3.29. The van der Waals surface area contributed by atoms with Gasteiger partial charge in [-0.2, -0.15) is 0 Å². The fraction of sp³-hybridized carbons (Fsp3) is 0.500. The smallest absolute Gasteiger partial charge is 0.373 e. The van der Waals surface area contributed by atoms with Gasteiger partial charge < -0.3 is 14.8 Å². The summed E-state index contributed by atoms with van der Waals surface area (Å²) in [5, 5.41) is 12.7. The van der Waals surface area contributed by atoms with Gasteiger partial charge >= 0.3 is 5.97 Å². The molecule has 1 fully saturated rings. The molecule has 5 heteroatoms. The minimum absolute atomic E-state index is 0.0767. The lowest BCUT2D eigenvalue weighted by Crippen LogP contribution is -2.22. The van der Waals surface area contributed by atoms with E-state index in [0.717, 1.165) is 23.0 Å². The third kappa shape index (κ3) is 1.51. The van der Waals surface area contributed by atoms with Crippen molar-refractivity contribution in [3.05, 3.63) is 12.0 Å². The summed E-state index contributed by atoms with van der Waals surface area (Å²) in [5.74, 6) is -0.151. The van der Waals surface area contributed by atoms with Crippen LogP contribution in [0, 0.1) is 5.92 Å². The second-order valence-electron chi connectivity index (χ2n) is 3.99. The molecule has 0 radical (unpaired) electrons. The van der Waals surface area contributed by atoms with E-state index in [-0.39, 0.29) is 5.76 Å². The summed E-state index contributed by atoms with van der Waals surface area (Å²) in [6.07, 6.45) is 4.04. The van der Waals surface area contributed by atoms with E-state index in [9.17, 15) is 4.79 Å². The van der Waals surface area contributed by atoms with Crippen LogP contribution in [0.5, 0.6) is 0 Å². The van der Waals surface area contributed by atoms with Crippen molar-refractivity contribution in [2.24, 2.45) is 5.92 Å². The molecule has 1 atom stereocenters. The van der Waals surface area contributed by atoms with Crippen molar-refractivity contribution in [2.45, 2.75) is 23.0 Å². The molecule has 1 aromatic rings. The molecule has 1 aliphatic carbocycles. The lowest BCUT2D eigenvalue weighted by molar-refractivity contribution is 0.0657. The van der Waals surface area contributed by atoms with Crippen LogP contribution in [0.4, 0.5) is 5.69 Å². The second kappa shape index (κ2) is 3.20. The van der Waals surface area contributed by atoms with Crippen LogP contribution in [0.1, 0.15) is 23.4 Å². The van der Waals surface area contributed by atoms with Crippen molar-refractivity contribution in [1.82, 2.24) is 0 Å². The van der Waals surface area contributed by atoms with E-state index >= 15 is 0 Å². The molecule has 1 saturated carbocycles. The maximum absolute atomic E-state index is 10.9. The van der Waals surface area contributed by atoms with Gasteiger partial charge in [0.2, 0.25) is 5.76 Å². The van der Waals surface area contributed by atoms with Crippen molar-refractivity contribution in [1.29, 1.82) is 0 Å². The molecule has 4 nitrogen and oxygen atoms in total. The van der Waals surface area contributed by atoms with Gasteiger partial charge in [0.15, 0.2) is 0 Å². The van der Waals surface area contributed by atoms with Gasteiger partial charge in [-0.1, -0.05) is 0 Å². The molecule has 1 unspecified atom stereocenters. The second-order valence-corrected chi connectivity index (χ2v) is 5.24. The largest absolute Gasteiger partial charge is 0.475 e. The Morgan fingerprint density at radius 3 is 3.07 bits per heavy atom. The first-order valence-electron chi connectivity index (χ1n) is 5.01. The van der Waals surface area contributed by atoms with Gasteiger partial charge in [-0.15, -0.1) is 11.8 Å². The average molecular weight is 225 g/mol. The molecule has 0 spiro atoms. The van der Waals surface area contributed by atoms with E-state index in [1.165, 1.54) is 19.1 Å². The maximum atomic E-state index is 10.9. The molecule has 0 aromatic carbocycles. The van der Waals surface area contributed by atoms with Gasteiger partial charge in [0.05, 0.1) is 10.6 Å². The van der Waals surface area contributed by atoms with Gasteiger partial charge in [0.1, 0.15) is 6.26 Å². The summed E-state index contributed by atoms with van der Waals surface area (Å²) >= 11 is 1.65. The molecule has 1 aromatic heterocycles. The molecule has 0 saturated heterocycles. The highest BCUT2D eigenvalue weighted by Crippen LogP contribution is 2.47. The summed E-state index contributed by atoms with van der Waals surface area (Å²) in [6, 6.07) is 0. The Bertz CT molecular complexity index is 411. The maximum Gasteiger partial charge on any atom is 0.373 e. The first kappa shape index (κ1) is 9.15. The molecular formula is C10H11NO3S. The van der Waals surface area contributed by atoms with Crippen molar-refractivity contribution in [3.63, 3.8) is 0 Å². The van der Waals surface area contributed by atoms with Gasteiger partial charge in [0, 0.05) is 11.8 Å². The Morgan fingerprint density at radius 1 is 1.60 bits per heavy atom. The number of rotatable bonds is 2. The Labute approximate surface area is 91.0 Å². The highest BCUT2D eigenvalue weighted by Gasteiger charge is 2.36. The van der Waals surface area contributed by atoms with E-state index in [1.54, 1.807) is 11.8 Å². The predicted octanol–water partition coefficient (Wildman–Crippen LogP) is 2.27. The molecule has 15 heavy (non-hydrogen) atoms. The molecular weight excluding hydrogens is 214 g/mol. The molecule has 2 heterocycles. The highest BCUT2D eigenvalue weighted by atomic mass is 32.2. The monoisotopic (exact) mass is 225 g/mol. The summed E-state index contributed by atoms with van der Waals surface area (Å²) in [5.41, 5.74) is 0.828. The number of thioether (sulfide) groups is 1. The molecule has 2 aliphatic rings. The Balaban J connectivity index is 1.91. The minimum Gasteiger partial charge on any atom is -0.475 e. The standard InChI is InChI=1S/C10H11NO3S/c12-10(13)8-9-6(4-14-8)11-3-7(15-9)5-1-2-5/h4-5,7,11H,1-3H2,(H,12,13). The quantitative estimate of drug-likeness (QED) is 0.808. The van der Waals surface area contributed by atoms with Crippen LogP contribution in [-0.2, 0) is 0 Å². The van der Waals surface area contributed by atoms with E-state index in [0.29, 0.717) is 5.25 Å². The Kier molecular flexibility index (Phi) is 1.95.